The maximum absolute atomic E-state index is 12.2. The number of benzene rings is 1. The van der Waals surface area contributed by atoms with Crippen LogP contribution in [-0.2, 0) is 14.4 Å². The Morgan fingerprint density at radius 3 is 2.90 bits per heavy atom. The van der Waals surface area contributed by atoms with E-state index in [1.54, 1.807) is 24.3 Å². The fourth-order valence-electron chi connectivity index (χ4n) is 1.93. The van der Waals surface area contributed by atoms with Crippen LogP contribution in [0.3, 0.4) is 0 Å². The number of amides is 2. The molecular weight excluding hydrogens is 282 g/mol. The van der Waals surface area contributed by atoms with Crippen LogP contribution < -0.4 is 9.64 Å². The van der Waals surface area contributed by atoms with Crippen molar-refractivity contribution in [3.63, 3.8) is 0 Å². The van der Waals surface area contributed by atoms with Crippen molar-refractivity contribution in [3.8, 4) is 5.75 Å². The zero-order chi connectivity index (χ0) is 14.7. The molecule has 0 radical (unpaired) electrons. The van der Waals surface area contributed by atoms with Crippen LogP contribution in [0.5, 0.6) is 5.75 Å². The second kappa shape index (κ2) is 5.96. The number of imide groups is 1. The molecule has 106 valence electrons. The predicted molar refractivity (Wildman–Crippen MR) is 74.0 cm³/mol. The number of carboxylic acids is 1. The lowest BCUT2D eigenvalue weighted by Crippen LogP contribution is -2.31. The molecule has 1 saturated heterocycles. The third kappa shape index (κ3) is 2.93. The summed E-state index contributed by atoms with van der Waals surface area (Å²) in [6.45, 7) is 0. The first-order valence-electron chi connectivity index (χ1n) is 5.87. The highest BCUT2D eigenvalue weighted by molar-refractivity contribution is 8.01. The second-order valence-electron chi connectivity index (χ2n) is 4.17. The summed E-state index contributed by atoms with van der Waals surface area (Å²) in [7, 11) is 1.50. The lowest BCUT2D eigenvalue weighted by atomic mass is 10.3. The molecule has 1 N–H and O–H groups in total. The summed E-state index contributed by atoms with van der Waals surface area (Å²) in [6, 6.07) is 6.64. The Bertz CT molecular complexity index is 559. The van der Waals surface area contributed by atoms with Gasteiger partial charge >= 0.3 is 5.97 Å². The molecule has 2 amide bonds. The van der Waals surface area contributed by atoms with E-state index in [-0.39, 0.29) is 24.0 Å². The van der Waals surface area contributed by atoms with E-state index in [2.05, 4.69) is 0 Å². The van der Waals surface area contributed by atoms with Gasteiger partial charge in [0, 0.05) is 12.5 Å². The van der Waals surface area contributed by atoms with Crippen LogP contribution in [-0.4, -0.2) is 41.0 Å². The van der Waals surface area contributed by atoms with Gasteiger partial charge in [0.05, 0.1) is 23.8 Å². The van der Waals surface area contributed by atoms with Gasteiger partial charge in [0.2, 0.25) is 11.8 Å². The van der Waals surface area contributed by atoms with E-state index in [1.807, 2.05) is 0 Å². The van der Waals surface area contributed by atoms with Crippen LogP contribution in [0.25, 0.3) is 0 Å². The predicted octanol–water partition coefficient (Wildman–Crippen LogP) is 1.14. The number of anilines is 1. The number of rotatable bonds is 5. The van der Waals surface area contributed by atoms with E-state index in [1.165, 1.54) is 7.11 Å². The standard InChI is InChI=1S/C13H13NO5S/c1-19-9-4-2-3-8(5-9)14-11(15)6-10(13(14)18)20-7-12(16)17/h2-5,10H,6-7H2,1H3,(H,16,17)/t10-/m0/s1. The number of ether oxygens (including phenoxy) is 1. The fraction of sp³-hybridized carbons (Fsp3) is 0.308. The normalized spacial score (nSPS) is 18.4. The van der Waals surface area contributed by atoms with E-state index < -0.39 is 11.2 Å². The highest BCUT2D eigenvalue weighted by atomic mass is 32.2. The molecule has 6 nitrogen and oxygen atoms in total. The molecule has 1 atom stereocenters. The molecule has 0 bridgehead atoms. The minimum absolute atomic E-state index is 0.0218. The smallest absolute Gasteiger partial charge is 0.313 e. The summed E-state index contributed by atoms with van der Waals surface area (Å²) in [6.07, 6.45) is 0.0218. The van der Waals surface area contributed by atoms with E-state index >= 15 is 0 Å². The monoisotopic (exact) mass is 295 g/mol. The summed E-state index contributed by atoms with van der Waals surface area (Å²) in [4.78, 5) is 35.7. The summed E-state index contributed by atoms with van der Waals surface area (Å²) >= 11 is 0.970. The van der Waals surface area contributed by atoms with Crippen molar-refractivity contribution in [2.75, 3.05) is 17.8 Å². The molecule has 1 heterocycles. The topological polar surface area (TPSA) is 83.9 Å². The molecule has 7 heteroatoms. The Morgan fingerprint density at radius 1 is 1.50 bits per heavy atom. The first-order chi connectivity index (χ1) is 9.52. The Labute approximate surface area is 119 Å². The molecule has 1 aliphatic heterocycles. The van der Waals surface area contributed by atoms with Gasteiger partial charge in [-0.15, -0.1) is 11.8 Å². The number of carboxylic acid groups (broad SMARTS) is 1. The van der Waals surface area contributed by atoms with Crippen molar-refractivity contribution in [3.05, 3.63) is 24.3 Å². The lowest BCUT2D eigenvalue weighted by Gasteiger charge is -2.15. The van der Waals surface area contributed by atoms with Gasteiger partial charge in [-0.3, -0.25) is 14.4 Å². The minimum atomic E-state index is -1.00. The van der Waals surface area contributed by atoms with Gasteiger partial charge in [0.1, 0.15) is 5.75 Å². The van der Waals surface area contributed by atoms with Gasteiger partial charge in [0.25, 0.3) is 0 Å². The molecule has 20 heavy (non-hydrogen) atoms. The summed E-state index contributed by atoms with van der Waals surface area (Å²) in [5.74, 6) is -1.37. The molecule has 0 aromatic heterocycles. The van der Waals surface area contributed by atoms with Crippen molar-refractivity contribution in [1.29, 1.82) is 0 Å². The highest BCUT2D eigenvalue weighted by Gasteiger charge is 2.40. The number of nitrogens with zero attached hydrogens (tertiary/aromatic N) is 1. The number of thioether (sulfide) groups is 1. The fourth-order valence-corrected chi connectivity index (χ4v) is 2.78. The van der Waals surface area contributed by atoms with E-state index in [9.17, 15) is 14.4 Å². The summed E-state index contributed by atoms with van der Waals surface area (Å²) in [5, 5.41) is 8.00. The van der Waals surface area contributed by atoms with Gasteiger partial charge in [-0.2, -0.15) is 0 Å². The van der Waals surface area contributed by atoms with Gasteiger partial charge < -0.3 is 9.84 Å². The van der Waals surface area contributed by atoms with Crippen molar-refractivity contribution in [2.24, 2.45) is 0 Å². The van der Waals surface area contributed by atoms with Crippen LogP contribution in [0.2, 0.25) is 0 Å². The second-order valence-corrected chi connectivity index (χ2v) is 5.36. The maximum Gasteiger partial charge on any atom is 0.313 e. The van der Waals surface area contributed by atoms with Crippen molar-refractivity contribution < 1.29 is 24.2 Å². The van der Waals surface area contributed by atoms with Gasteiger partial charge in [-0.1, -0.05) is 6.07 Å². The minimum Gasteiger partial charge on any atom is -0.497 e. The number of carbonyl (C=O) groups is 3. The third-order valence-electron chi connectivity index (χ3n) is 2.82. The molecular formula is C13H13NO5S. The van der Waals surface area contributed by atoms with Crippen LogP contribution >= 0.6 is 11.8 Å². The number of aliphatic carboxylic acids is 1. The Kier molecular flexibility index (Phi) is 4.29. The van der Waals surface area contributed by atoms with Gasteiger partial charge in [-0.05, 0) is 12.1 Å². The number of methoxy groups -OCH3 is 1. The largest absolute Gasteiger partial charge is 0.497 e. The molecule has 0 unspecified atom stereocenters. The Morgan fingerprint density at radius 2 is 2.25 bits per heavy atom. The van der Waals surface area contributed by atoms with E-state index in [4.69, 9.17) is 9.84 Å². The Hall–Kier alpha value is -2.02. The SMILES string of the molecule is COc1cccc(N2C(=O)C[C@H](SCC(=O)O)C2=O)c1. The van der Waals surface area contributed by atoms with Gasteiger partial charge in [0.15, 0.2) is 0 Å². The van der Waals surface area contributed by atoms with Crippen molar-refractivity contribution >= 4 is 35.2 Å². The molecule has 0 spiro atoms. The highest BCUT2D eigenvalue weighted by Crippen LogP contribution is 2.31. The van der Waals surface area contributed by atoms with Gasteiger partial charge in [-0.25, -0.2) is 4.90 Å². The molecule has 1 aromatic carbocycles. The molecule has 1 aliphatic rings. The zero-order valence-electron chi connectivity index (χ0n) is 10.7. The van der Waals surface area contributed by atoms with E-state index in [0.29, 0.717) is 11.4 Å². The van der Waals surface area contributed by atoms with Crippen LogP contribution in [0.15, 0.2) is 24.3 Å². The third-order valence-corrected chi connectivity index (χ3v) is 4.01. The van der Waals surface area contributed by atoms with Crippen LogP contribution in [0.4, 0.5) is 5.69 Å². The maximum atomic E-state index is 12.2. The van der Waals surface area contributed by atoms with Crippen molar-refractivity contribution in [2.45, 2.75) is 11.7 Å². The lowest BCUT2D eigenvalue weighted by molar-refractivity contribution is -0.134. The summed E-state index contributed by atoms with van der Waals surface area (Å²) < 4.78 is 5.06. The average molecular weight is 295 g/mol. The van der Waals surface area contributed by atoms with Crippen LogP contribution in [0, 0.1) is 0 Å². The molecule has 0 saturated carbocycles. The first kappa shape index (κ1) is 14.4. The Balaban J connectivity index is 2.17. The zero-order valence-corrected chi connectivity index (χ0v) is 11.6. The number of carbonyl (C=O) groups excluding carboxylic acids is 2. The molecule has 1 aromatic rings. The number of hydrogen-bond donors (Lipinski definition) is 1. The number of hydrogen-bond acceptors (Lipinski definition) is 5. The first-order valence-corrected chi connectivity index (χ1v) is 6.92. The average Bonchev–Trinajstić information content (AvgIpc) is 2.71. The molecule has 0 aliphatic carbocycles. The van der Waals surface area contributed by atoms with Crippen molar-refractivity contribution in [1.82, 2.24) is 0 Å². The molecule has 1 fully saturated rings. The summed E-state index contributed by atoms with van der Waals surface area (Å²) in [5.41, 5.74) is 0.442. The van der Waals surface area contributed by atoms with Crippen LogP contribution in [0.1, 0.15) is 6.42 Å². The van der Waals surface area contributed by atoms with E-state index in [0.717, 1.165) is 16.7 Å². The molecule has 2 rings (SSSR count). The quantitative estimate of drug-likeness (QED) is 0.820.